The van der Waals surface area contributed by atoms with Crippen LogP contribution in [0.3, 0.4) is 0 Å². The molecule has 4 heterocycles. The van der Waals surface area contributed by atoms with Crippen molar-refractivity contribution in [3.8, 4) is 11.5 Å². The van der Waals surface area contributed by atoms with Gasteiger partial charge in [-0.15, -0.1) is 0 Å². The number of nitrogens with zero attached hydrogens (tertiary/aromatic N) is 4. The second-order valence-corrected chi connectivity index (χ2v) is 10.4. The van der Waals surface area contributed by atoms with Gasteiger partial charge in [0.25, 0.3) is 5.89 Å². The molecule has 6 nitrogen and oxygen atoms in total. The summed E-state index contributed by atoms with van der Waals surface area (Å²) in [4.78, 5) is 11.5. The second kappa shape index (κ2) is 9.61. The van der Waals surface area contributed by atoms with Crippen molar-refractivity contribution in [3.63, 3.8) is 0 Å². The smallest absolute Gasteiger partial charge is 0.261 e. The van der Waals surface area contributed by atoms with E-state index < -0.39 is 0 Å². The monoisotopic (exact) mass is 466 g/mol. The van der Waals surface area contributed by atoms with Crippen molar-refractivity contribution in [2.24, 2.45) is 11.8 Å². The van der Waals surface area contributed by atoms with E-state index in [-0.39, 0.29) is 5.82 Å². The minimum atomic E-state index is -0.234. The Labute approximate surface area is 200 Å². The molecule has 1 atom stereocenters. The lowest BCUT2D eigenvalue weighted by Gasteiger charge is -2.32. The Hall–Kier alpha value is -2.54. The zero-order valence-corrected chi connectivity index (χ0v) is 20.7. The molecule has 3 fully saturated rings. The van der Waals surface area contributed by atoms with Gasteiger partial charge in [-0.2, -0.15) is 4.98 Å². The van der Waals surface area contributed by atoms with E-state index in [1.54, 1.807) is 6.07 Å². The number of hydrogen-bond donors (Lipinski definition) is 0. The standard InChI is InChI=1S/C22H25FN4O.C5H10O/c1-12-6-8-27(9-7-12)21-19(22-24-14(3)26-28-22)13(2)17-10-16(15-4-5-15)11-18(23)20(17)25-21;1-5-2-3-6-4-5/h10-12,15H,4-9H2,1-3H3;5H,2-4H2,1H3/t;5-/m.0/s1. The number of rotatable bonds is 3. The molecule has 3 aliphatic rings. The maximum Gasteiger partial charge on any atom is 0.261 e. The number of hydrogen-bond acceptors (Lipinski definition) is 6. The predicted octanol–water partition coefficient (Wildman–Crippen LogP) is 6.20. The van der Waals surface area contributed by atoms with Gasteiger partial charge in [-0.3, -0.25) is 0 Å². The molecule has 0 bridgehead atoms. The minimum Gasteiger partial charge on any atom is -0.381 e. The normalized spacial score (nSPS) is 21.1. The van der Waals surface area contributed by atoms with Gasteiger partial charge in [0.2, 0.25) is 0 Å². The van der Waals surface area contributed by atoms with Gasteiger partial charge in [-0.25, -0.2) is 9.37 Å². The first-order valence-electron chi connectivity index (χ1n) is 12.7. The van der Waals surface area contributed by atoms with Crippen LogP contribution in [-0.2, 0) is 4.74 Å². The van der Waals surface area contributed by atoms with Crippen molar-refractivity contribution in [2.45, 2.75) is 65.7 Å². The Morgan fingerprint density at radius 3 is 2.29 bits per heavy atom. The van der Waals surface area contributed by atoms with Crippen LogP contribution in [0.4, 0.5) is 10.2 Å². The number of fused-ring (bicyclic) bond motifs is 1. The number of piperidine rings is 1. The Kier molecular flexibility index (Phi) is 6.56. The summed E-state index contributed by atoms with van der Waals surface area (Å²) in [5, 5.41) is 4.83. The molecule has 34 heavy (non-hydrogen) atoms. The van der Waals surface area contributed by atoms with Gasteiger partial charge < -0.3 is 14.2 Å². The maximum atomic E-state index is 15.0. The number of anilines is 1. The minimum absolute atomic E-state index is 0.234. The average Bonchev–Trinajstić information content (AvgIpc) is 3.42. The first-order valence-corrected chi connectivity index (χ1v) is 12.7. The number of benzene rings is 1. The van der Waals surface area contributed by atoms with Gasteiger partial charge in [0.05, 0.1) is 5.56 Å². The average molecular weight is 467 g/mol. The molecule has 182 valence electrons. The Morgan fingerprint density at radius 1 is 0.971 bits per heavy atom. The molecule has 2 aliphatic heterocycles. The highest BCUT2D eigenvalue weighted by molar-refractivity contribution is 5.93. The number of aromatic nitrogens is 3. The van der Waals surface area contributed by atoms with Crippen molar-refractivity contribution in [3.05, 3.63) is 34.9 Å². The van der Waals surface area contributed by atoms with Crippen molar-refractivity contribution < 1.29 is 13.7 Å². The van der Waals surface area contributed by atoms with E-state index in [0.717, 1.165) is 85.8 Å². The molecule has 3 aromatic rings. The topological polar surface area (TPSA) is 64.3 Å². The van der Waals surface area contributed by atoms with E-state index >= 15 is 4.39 Å². The van der Waals surface area contributed by atoms with Gasteiger partial charge in [0.1, 0.15) is 17.2 Å². The number of aryl methyl sites for hydroxylation is 2. The van der Waals surface area contributed by atoms with E-state index in [1.807, 2.05) is 13.8 Å². The molecule has 0 N–H and O–H groups in total. The molecule has 0 unspecified atom stereocenters. The Morgan fingerprint density at radius 2 is 1.74 bits per heavy atom. The summed E-state index contributed by atoms with van der Waals surface area (Å²) in [6.45, 7) is 12.1. The maximum absolute atomic E-state index is 15.0. The molecular formula is C27H35FN4O2. The molecule has 1 saturated carbocycles. The van der Waals surface area contributed by atoms with Crippen molar-refractivity contribution in [1.82, 2.24) is 15.1 Å². The number of pyridine rings is 1. The predicted molar refractivity (Wildman–Crippen MR) is 132 cm³/mol. The summed E-state index contributed by atoms with van der Waals surface area (Å²) >= 11 is 0. The van der Waals surface area contributed by atoms with E-state index in [4.69, 9.17) is 14.2 Å². The highest BCUT2D eigenvalue weighted by Crippen LogP contribution is 2.43. The fraction of sp³-hybridized carbons (Fsp3) is 0.593. The third-order valence-electron chi connectivity index (χ3n) is 7.34. The molecule has 6 rings (SSSR count). The van der Waals surface area contributed by atoms with Gasteiger partial charge in [-0.05, 0) is 87.0 Å². The molecule has 7 heteroatoms. The lowest BCUT2D eigenvalue weighted by Crippen LogP contribution is -2.34. The quantitative estimate of drug-likeness (QED) is 0.458. The fourth-order valence-electron chi connectivity index (χ4n) is 4.89. The van der Waals surface area contributed by atoms with Gasteiger partial charge in [0.15, 0.2) is 5.82 Å². The molecule has 0 radical (unpaired) electrons. The van der Waals surface area contributed by atoms with E-state index in [1.165, 1.54) is 6.42 Å². The molecule has 2 saturated heterocycles. The van der Waals surface area contributed by atoms with Crippen molar-refractivity contribution in [1.29, 1.82) is 0 Å². The van der Waals surface area contributed by atoms with Crippen LogP contribution < -0.4 is 4.90 Å². The van der Waals surface area contributed by atoms with Gasteiger partial charge in [0, 0.05) is 31.7 Å². The van der Waals surface area contributed by atoms with Crippen LogP contribution in [-0.4, -0.2) is 41.4 Å². The molecule has 0 amide bonds. The second-order valence-electron chi connectivity index (χ2n) is 10.4. The number of ether oxygens (including phenoxy) is 1. The zero-order chi connectivity index (χ0) is 23.8. The van der Waals surface area contributed by atoms with Gasteiger partial charge >= 0.3 is 0 Å². The Balaban J connectivity index is 0.000000351. The van der Waals surface area contributed by atoms with Crippen LogP contribution in [0.5, 0.6) is 0 Å². The third-order valence-corrected chi connectivity index (χ3v) is 7.34. The van der Waals surface area contributed by atoms with Crippen LogP contribution in [0.15, 0.2) is 16.7 Å². The Bertz CT molecular complexity index is 1160. The van der Waals surface area contributed by atoms with Crippen LogP contribution in [0, 0.1) is 31.5 Å². The van der Waals surface area contributed by atoms with E-state index in [2.05, 4.69) is 35.0 Å². The van der Waals surface area contributed by atoms with Crippen LogP contribution in [0.1, 0.15) is 68.8 Å². The van der Waals surface area contributed by atoms with Crippen LogP contribution >= 0.6 is 0 Å². The summed E-state index contributed by atoms with van der Waals surface area (Å²) < 4.78 is 25.6. The van der Waals surface area contributed by atoms with Gasteiger partial charge in [-0.1, -0.05) is 19.0 Å². The van der Waals surface area contributed by atoms with Crippen molar-refractivity contribution in [2.75, 3.05) is 31.2 Å². The highest BCUT2D eigenvalue weighted by Gasteiger charge is 2.29. The molecule has 1 aliphatic carbocycles. The first-order chi connectivity index (χ1) is 16.4. The fourth-order valence-corrected chi connectivity index (χ4v) is 4.89. The van der Waals surface area contributed by atoms with Crippen molar-refractivity contribution >= 4 is 16.7 Å². The number of halogens is 1. The zero-order valence-electron chi connectivity index (χ0n) is 20.7. The van der Waals surface area contributed by atoms with E-state index in [0.29, 0.717) is 29.1 Å². The largest absolute Gasteiger partial charge is 0.381 e. The third kappa shape index (κ3) is 4.81. The molecule has 1 aromatic carbocycles. The summed E-state index contributed by atoms with van der Waals surface area (Å²) in [7, 11) is 0. The molecular weight excluding hydrogens is 431 g/mol. The first kappa shape index (κ1) is 23.2. The lowest BCUT2D eigenvalue weighted by atomic mass is 9.96. The van der Waals surface area contributed by atoms with Crippen LogP contribution in [0.2, 0.25) is 0 Å². The van der Waals surface area contributed by atoms with E-state index in [9.17, 15) is 0 Å². The summed E-state index contributed by atoms with van der Waals surface area (Å²) in [6, 6.07) is 3.78. The SMILES string of the molecule is C[C@H]1CCOC1.Cc1noc(-c2c(N3CCC(C)CC3)nc3c(F)cc(C4CC4)cc3c2C)n1. The van der Waals surface area contributed by atoms with Crippen LogP contribution in [0.25, 0.3) is 22.4 Å². The molecule has 2 aromatic heterocycles. The molecule has 0 spiro atoms. The highest BCUT2D eigenvalue weighted by atomic mass is 19.1. The summed E-state index contributed by atoms with van der Waals surface area (Å²) in [5.74, 6) is 3.59. The summed E-state index contributed by atoms with van der Waals surface area (Å²) in [5.41, 5.74) is 3.32. The lowest BCUT2D eigenvalue weighted by molar-refractivity contribution is 0.188. The summed E-state index contributed by atoms with van der Waals surface area (Å²) in [6.07, 6.45) is 5.74.